The highest BCUT2D eigenvalue weighted by molar-refractivity contribution is 7.09. The van der Waals surface area contributed by atoms with Crippen LogP contribution in [0.25, 0.3) is 0 Å². The van der Waals surface area contributed by atoms with Gasteiger partial charge in [0.15, 0.2) is 0 Å². The molecule has 4 nitrogen and oxygen atoms in total. The Morgan fingerprint density at radius 3 is 2.71 bits per heavy atom. The standard InChI is InChI=1S/C12H8N4S/c13-6-9-1-2-11(5-10(9)7-14)16-8-12-15-3-4-17-12/h1-5,16H,8H2. The van der Waals surface area contributed by atoms with Crippen molar-refractivity contribution >= 4 is 17.0 Å². The minimum Gasteiger partial charge on any atom is -0.378 e. The van der Waals surface area contributed by atoms with Crippen LogP contribution in [0.15, 0.2) is 29.8 Å². The van der Waals surface area contributed by atoms with Gasteiger partial charge in [-0.25, -0.2) is 4.98 Å². The van der Waals surface area contributed by atoms with Crippen LogP contribution < -0.4 is 5.32 Å². The second kappa shape index (κ2) is 5.11. The van der Waals surface area contributed by atoms with E-state index in [0.29, 0.717) is 17.7 Å². The minimum atomic E-state index is 0.386. The fraction of sp³-hybridized carbons (Fsp3) is 0.0833. The first-order valence-corrected chi connectivity index (χ1v) is 5.78. The number of hydrogen-bond donors (Lipinski definition) is 1. The van der Waals surface area contributed by atoms with Gasteiger partial charge in [0.1, 0.15) is 17.1 Å². The quantitative estimate of drug-likeness (QED) is 0.894. The van der Waals surface area contributed by atoms with Gasteiger partial charge in [0.05, 0.1) is 17.7 Å². The number of nitrogens with zero attached hydrogens (tertiary/aromatic N) is 3. The number of nitriles is 2. The van der Waals surface area contributed by atoms with Gasteiger partial charge in [0.2, 0.25) is 0 Å². The first-order valence-electron chi connectivity index (χ1n) is 4.90. The first kappa shape index (κ1) is 11.1. The smallest absolute Gasteiger partial charge is 0.112 e. The highest BCUT2D eigenvalue weighted by atomic mass is 32.1. The van der Waals surface area contributed by atoms with Gasteiger partial charge in [-0.1, -0.05) is 0 Å². The second-order valence-corrected chi connectivity index (χ2v) is 4.24. The summed E-state index contributed by atoms with van der Waals surface area (Å²) in [5.74, 6) is 0. The molecule has 0 fully saturated rings. The van der Waals surface area contributed by atoms with Gasteiger partial charge in [0.25, 0.3) is 0 Å². The van der Waals surface area contributed by atoms with Crippen LogP contribution in [0.3, 0.4) is 0 Å². The van der Waals surface area contributed by atoms with Crippen molar-refractivity contribution < 1.29 is 0 Å². The lowest BCUT2D eigenvalue weighted by Crippen LogP contribution is -1.99. The van der Waals surface area contributed by atoms with Crippen molar-refractivity contribution in [3.8, 4) is 12.1 Å². The summed E-state index contributed by atoms with van der Waals surface area (Å²) in [4.78, 5) is 4.15. The zero-order valence-corrected chi connectivity index (χ0v) is 9.66. The molecule has 0 saturated heterocycles. The summed E-state index contributed by atoms with van der Waals surface area (Å²) in [6, 6.07) is 9.09. The number of benzene rings is 1. The third kappa shape index (κ3) is 2.60. The van der Waals surface area contributed by atoms with E-state index in [2.05, 4.69) is 10.3 Å². The summed E-state index contributed by atoms with van der Waals surface area (Å²) in [5, 5.41) is 23.7. The lowest BCUT2D eigenvalue weighted by atomic mass is 10.1. The summed E-state index contributed by atoms with van der Waals surface area (Å²) in [5.41, 5.74) is 1.60. The van der Waals surface area contributed by atoms with Gasteiger partial charge in [-0.05, 0) is 18.2 Å². The van der Waals surface area contributed by atoms with E-state index in [4.69, 9.17) is 10.5 Å². The molecule has 5 heteroatoms. The van der Waals surface area contributed by atoms with Gasteiger partial charge in [-0.15, -0.1) is 11.3 Å². The number of anilines is 1. The predicted molar refractivity (Wildman–Crippen MR) is 65.3 cm³/mol. The normalized spacial score (nSPS) is 9.29. The summed E-state index contributed by atoms with van der Waals surface area (Å²) in [7, 11) is 0. The zero-order valence-electron chi connectivity index (χ0n) is 8.84. The van der Waals surface area contributed by atoms with Crippen LogP contribution in [0.4, 0.5) is 5.69 Å². The number of aromatic nitrogens is 1. The molecule has 82 valence electrons. The number of nitrogens with one attached hydrogen (secondary N) is 1. The zero-order chi connectivity index (χ0) is 12.1. The van der Waals surface area contributed by atoms with Crippen LogP contribution in [0.2, 0.25) is 0 Å². The SMILES string of the molecule is N#Cc1ccc(NCc2nccs2)cc1C#N. The molecule has 1 N–H and O–H groups in total. The van der Waals surface area contributed by atoms with Gasteiger partial charge < -0.3 is 5.32 Å². The molecule has 0 radical (unpaired) electrons. The van der Waals surface area contributed by atoms with Crippen molar-refractivity contribution in [3.63, 3.8) is 0 Å². The molecule has 1 heterocycles. The van der Waals surface area contributed by atoms with E-state index in [1.54, 1.807) is 35.7 Å². The van der Waals surface area contributed by atoms with Gasteiger partial charge >= 0.3 is 0 Å². The van der Waals surface area contributed by atoms with Crippen molar-refractivity contribution in [2.24, 2.45) is 0 Å². The van der Waals surface area contributed by atoms with Gasteiger partial charge in [0, 0.05) is 17.3 Å². The fourth-order valence-corrected chi connectivity index (χ4v) is 1.92. The van der Waals surface area contributed by atoms with Crippen LogP contribution in [-0.2, 0) is 6.54 Å². The van der Waals surface area contributed by atoms with E-state index in [1.165, 1.54) is 0 Å². The molecule has 1 aromatic heterocycles. The van der Waals surface area contributed by atoms with Crippen LogP contribution in [0.1, 0.15) is 16.1 Å². The molecule has 0 amide bonds. The van der Waals surface area contributed by atoms with E-state index < -0.39 is 0 Å². The van der Waals surface area contributed by atoms with Crippen molar-refractivity contribution in [3.05, 3.63) is 45.9 Å². The van der Waals surface area contributed by atoms with Crippen LogP contribution in [-0.4, -0.2) is 4.98 Å². The number of hydrogen-bond acceptors (Lipinski definition) is 5. The molecule has 0 bridgehead atoms. The number of rotatable bonds is 3. The topological polar surface area (TPSA) is 72.5 Å². The first-order chi connectivity index (χ1) is 8.33. The summed E-state index contributed by atoms with van der Waals surface area (Å²) in [6.45, 7) is 0.619. The highest BCUT2D eigenvalue weighted by Crippen LogP contribution is 2.16. The lowest BCUT2D eigenvalue weighted by molar-refractivity contribution is 1.10. The van der Waals surface area contributed by atoms with Crippen LogP contribution >= 0.6 is 11.3 Å². The van der Waals surface area contributed by atoms with Gasteiger partial charge in [-0.3, -0.25) is 0 Å². The Kier molecular flexibility index (Phi) is 3.34. The molecule has 0 atom stereocenters. The predicted octanol–water partition coefficient (Wildman–Crippen LogP) is 2.50. The van der Waals surface area contributed by atoms with E-state index in [0.717, 1.165) is 10.7 Å². The van der Waals surface area contributed by atoms with E-state index in [1.807, 2.05) is 17.5 Å². The Morgan fingerprint density at radius 1 is 1.24 bits per heavy atom. The van der Waals surface area contributed by atoms with Gasteiger partial charge in [-0.2, -0.15) is 10.5 Å². The van der Waals surface area contributed by atoms with E-state index in [9.17, 15) is 0 Å². The Labute approximate surface area is 103 Å². The molecule has 1 aromatic carbocycles. The second-order valence-electron chi connectivity index (χ2n) is 3.26. The average Bonchev–Trinajstić information content (AvgIpc) is 2.89. The molecular formula is C12H8N4S. The molecule has 17 heavy (non-hydrogen) atoms. The monoisotopic (exact) mass is 240 g/mol. The largest absolute Gasteiger partial charge is 0.378 e. The fourth-order valence-electron chi connectivity index (χ4n) is 1.36. The Balaban J connectivity index is 2.13. The third-order valence-electron chi connectivity index (χ3n) is 2.19. The molecule has 0 aliphatic heterocycles. The van der Waals surface area contributed by atoms with E-state index in [-0.39, 0.29) is 0 Å². The summed E-state index contributed by atoms with van der Waals surface area (Å²) in [6.07, 6.45) is 1.75. The van der Waals surface area contributed by atoms with E-state index >= 15 is 0 Å². The molecule has 0 saturated carbocycles. The molecule has 0 unspecified atom stereocenters. The third-order valence-corrected chi connectivity index (χ3v) is 2.97. The molecule has 2 rings (SSSR count). The van der Waals surface area contributed by atoms with Crippen molar-refractivity contribution in [1.82, 2.24) is 4.98 Å². The molecule has 0 aliphatic carbocycles. The molecule has 0 spiro atoms. The Bertz CT molecular complexity index is 590. The number of thiazole rings is 1. The molecule has 2 aromatic rings. The van der Waals surface area contributed by atoms with Crippen molar-refractivity contribution in [1.29, 1.82) is 10.5 Å². The molecular weight excluding hydrogens is 232 g/mol. The lowest BCUT2D eigenvalue weighted by Gasteiger charge is -2.04. The summed E-state index contributed by atoms with van der Waals surface area (Å²) < 4.78 is 0. The Morgan fingerprint density at radius 2 is 2.06 bits per heavy atom. The van der Waals surface area contributed by atoms with Crippen molar-refractivity contribution in [2.75, 3.05) is 5.32 Å². The minimum absolute atomic E-state index is 0.386. The maximum absolute atomic E-state index is 8.89. The average molecular weight is 240 g/mol. The summed E-state index contributed by atoms with van der Waals surface area (Å²) >= 11 is 1.57. The van der Waals surface area contributed by atoms with Crippen molar-refractivity contribution in [2.45, 2.75) is 6.54 Å². The maximum Gasteiger partial charge on any atom is 0.112 e. The van der Waals surface area contributed by atoms with Crippen LogP contribution in [0, 0.1) is 22.7 Å². The molecule has 0 aliphatic rings. The Hall–Kier alpha value is -2.37. The van der Waals surface area contributed by atoms with Crippen LogP contribution in [0.5, 0.6) is 0 Å². The highest BCUT2D eigenvalue weighted by Gasteiger charge is 2.03. The maximum atomic E-state index is 8.89.